The summed E-state index contributed by atoms with van der Waals surface area (Å²) in [6.07, 6.45) is 2.82. The average molecular weight is 213 g/mol. The highest BCUT2D eigenvalue weighted by atomic mass is 35.5. The predicted octanol–water partition coefficient (Wildman–Crippen LogP) is 2.18. The number of anilines is 1. The van der Waals surface area contributed by atoms with E-state index < -0.39 is 0 Å². The first kappa shape index (κ1) is 9.74. The van der Waals surface area contributed by atoms with Gasteiger partial charge in [0, 0.05) is 25.3 Å². The van der Waals surface area contributed by atoms with Crippen molar-refractivity contribution in [2.24, 2.45) is 5.92 Å². The summed E-state index contributed by atoms with van der Waals surface area (Å²) in [6, 6.07) is 3.81. The van der Waals surface area contributed by atoms with Crippen molar-refractivity contribution < 1.29 is 4.74 Å². The fraction of sp³-hybridized carbons (Fsp3) is 0.500. The van der Waals surface area contributed by atoms with E-state index in [1.54, 1.807) is 6.20 Å². The van der Waals surface area contributed by atoms with Crippen LogP contribution in [-0.2, 0) is 4.74 Å². The molecule has 0 spiro atoms. The van der Waals surface area contributed by atoms with E-state index in [-0.39, 0.29) is 0 Å². The fourth-order valence-corrected chi connectivity index (χ4v) is 1.70. The Balaban J connectivity index is 1.88. The van der Waals surface area contributed by atoms with E-state index in [1.807, 2.05) is 12.1 Å². The molecule has 1 atom stereocenters. The van der Waals surface area contributed by atoms with Crippen LogP contribution >= 0.6 is 11.6 Å². The van der Waals surface area contributed by atoms with Crippen molar-refractivity contribution in [1.29, 1.82) is 0 Å². The topological polar surface area (TPSA) is 34.2 Å². The molecule has 3 nitrogen and oxygen atoms in total. The van der Waals surface area contributed by atoms with Crippen LogP contribution in [0.1, 0.15) is 6.42 Å². The SMILES string of the molecule is Clc1ncccc1NCC1CCOC1. The first-order valence-corrected chi connectivity index (χ1v) is 5.16. The Morgan fingerprint density at radius 2 is 2.57 bits per heavy atom. The number of halogens is 1. The summed E-state index contributed by atoms with van der Waals surface area (Å²) in [5.74, 6) is 0.603. The van der Waals surface area contributed by atoms with Gasteiger partial charge in [-0.25, -0.2) is 4.98 Å². The molecule has 0 bridgehead atoms. The molecule has 4 heteroatoms. The molecule has 0 aromatic carbocycles. The number of ether oxygens (including phenoxy) is 1. The van der Waals surface area contributed by atoms with Gasteiger partial charge in [0.25, 0.3) is 0 Å². The van der Waals surface area contributed by atoms with Crippen molar-refractivity contribution in [1.82, 2.24) is 4.98 Å². The minimum atomic E-state index is 0.534. The maximum Gasteiger partial charge on any atom is 0.152 e. The van der Waals surface area contributed by atoms with E-state index in [0.29, 0.717) is 11.1 Å². The first-order valence-electron chi connectivity index (χ1n) is 4.78. The lowest BCUT2D eigenvalue weighted by Crippen LogP contribution is -2.14. The maximum atomic E-state index is 5.90. The van der Waals surface area contributed by atoms with Gasteiger partial charge >= 0.3 is 0 Å². The summed E-state index contributed by atoms with van der Waals surface area (Å²) in [7, 11) is 0. The molecular weight excluding hydrogens is 200 g/mol. The molecule has 1 unspecified atom stereocenters. The van der Waals surface area contributed by atoms with Crippen molar-refractivity contribution in [2.75, 3.05) is 25.1 Å². The average Bonchev–Trinajstić information content (AvgIpc) is 2.69. The van der Waals surface area contributed by atoms with Gasteiger partial charge in [-0.1, -0.05) is 11.6 Å². The van der Waals surface area contributed by atoms with Crippen LogP contribution in [0.15, 0.2) is 18.3 Å². The van der Waals surface area contributed by atoms with Gasteiger partial charge in [0.1, 0.15) is 0 Å². The largest absolute Gasteiger partial charge is 0.382 e. The maximum absolute atomic E-state index is 5.90. The number of rotatable bonds is 3. The normalized spacial score (nSPS) is 21.1. The molecule has 0 saturated carbocycles. The number of pyridine rings is 1. The lowest BCUT2D eigenvalue weighted by molar-refractivity contribution is 0.187. The molecule has 1 saturated heterocycles. The highest BCUT2D eigenvalue weighted by Crippen LogP contribution is 2.19. The third kappa shape index (κ3) is 2.36. The smallest absolute Gasteiger partial charge is 0.152 e. The Morgan fingerprint density at radius 3 is 3.29 bits per heavy atom. The van der Waals surface area contributed by atoms with Crippen molar-refractivity contribution in [2.45, 2.75) is 6.42 Å². The number of aromatic nitrogens is 1. The van der Waals surface area contributed by atoms with Crippen LogP contribution in [0.4, 0.5) is 5.69 Å². The highest BCUT2D eigenvalue weighted by Gasteiger charge is 2.15. The third-order valence-electron chi connectivity index (χ3n) is 2.36. The Kier molecular flexibility index (Phi) is 3.22. The van der Waals surface area contributed by atoms with E-state index in [4.69, 9.17) is 16.3 Å². The van der Waals surface area contributed by atoms with Gasteiger partial charge in [-0.2, -0.15) is 0 Å². The van der Waals surface area contributed by atoms with Gasteiger partial charge in [0.05, 0.1) is 12.3 Å². The fourth-order valence-electron chi connectivity index (χ4n) is 1.52. The number of nitrogens with zero attached hydrogens (tertiary/aromatic N) is 1. The molecule has 76 valence electrons. The molecule has 1 aromatic rings. The molecule has 1 aliphatic rings. The molecule has 14 heavy (non-hydrogen) atoms. The Morgan fingerprint density at radius 1 is 1.64 bits per heavy atom. The minimum absolute atomic E-state index is 0.534. The molecular formula is C10H13ClN2O. The molecule has 2 rings (SSSR count). The standard InChI is InChI=1S/C10H13ClN2O/c11-10-9(2-1-4-12-10)13-6-8-3-5-14-7-8/h1-2,4,8,13H,3,5-7H2. The second-order valence-electron chi connectivity index (χ2n) is 3.45. The Labute approximate surface area is 88.4 Å². The predicted molar refractivity (Wildman–Crippen MR) is 56.7 cm³/mol. The van der Waals surface area contributed by atoms with Crippen LogP contribution in [0.2, 0.25) is 5.15 Å². The number of hydrogen-bond donors (Lipinski definition) is 1. The highest BCUT2D eigenvalue weighted by molar-refractivity contribution is 6.31. The molecule has 1 fully saturated rings. The van der Waals surface area contributed by atoms with E-state index in [9.17, 15) is 0 Å². The van der Waals surface area contributed by atoms with Crippen LogP contribution in [0.3, 0.4) is 0 Å². The molecule has 1 N–H and O–H groups in total. The van der Waals surface area contributed by atoms with Crippen LogP contribution < -0.4 is 5.32 Å². The quantitative estimate of drug-likeness (QED) is 0.780. The number of nitrogens with one attached hydrogen (secondary N) is 1. The van der Waals surface area contributed by atoms with Crippen LogP contribution in [0.25, 0.3) is 0 Å². The summed E-state index contributed by atoms with van der Waals surface area (Å²) in [4.78, 5) is 4.00. The van der Waals surface area contributed by atoms with Gasteiger partial charge in [-0.05, 0) is 18.6 Å². The minimum Gasteiger partial charge on any atom is -0.382 e. The van der Waals surface area contributed by atoms with Crippen molar-refractivity contribution in [3.63, 3.8) is 0 Å². The van der Waals surface area contributed by atoms with Crippen LogP contribution in [0, 0.1) is 5.92 Å². The van der Waals surface area contributed by atoms with Gasteiger partial charge < -0.3 is 10.1 Å². The summed E-state index contributed by atoms with van der Waals surface area (Å²) in [5.41, 5.74) is 0.904. The molecule has 0 amide bonds. The van der Waals surface area contributed by atoms with Gasteiger partial charge in [0.15, 0.2) is 5.15 Å². The van der Waals surface area contributed by atoms with E-state index >= 15 is 0 Å². The molecule has 2 heterocycles. The Bertz CT molecular complexity index is 300. The molecule has 0 radical (unpaired) electrons. The van der Waals surface area contributed by atoms with Crippen LogP contribution in [0.5, 0.6) is 0 Å². The number of hydrogen-bond acceptors (Lipinski definition) is 3. The van der Waals surface area contributed by atoms with Gasteiger partial charge in [-0.3, -0.25) is 0 Å². The monoisotopic (exact) mass is 212 g/mol. The zero-order valence-corrected chi connectivity index (χ0v) is 8.63. The van der Waals surface area contributed by atoms with Gasteiger partial charge in [-0.15, -0.1) is 0 Å². The molecule has 1 aliphatic heterocycles. The third-order valence-corrected chi connectivity index (χ3v) is 2.67. The summed E-state index contributed by atoms with van der Waals surface area (Å²) >= 11 is 5.90. The van der Waals surface area contributed by atoms with Crippen molar-refractivity contribution >= 4 is 17.3 Å². The molecule has 0 aliphatic carbocycles. The zero-order valence-electron chi connectivity index (χ0n) is 7.87. The van der Waals surface area contributed by atoms with E-state index in [1.165, 1.54) is 0 Å². The summed E-state index contributed by atoms with van der Waals surface area (Å²) in [6.45, 7) is 2.64. The second-order valence-corrected chi connectivity index (χ2v) is 3.81. The summed E-state index contributed by atoms with van der Waals surface area (Å²) < 4.78 is 5.29. The van der Waals surface area contributed by atoms with Crippen molar-refractivity contribution in [3.8, 4) is 0 Å². The zero-order chi connectivity index (χ0) is 9.80. The summed E-state index contributed by atoms with van der Waals surface area (Å²) in [5, 5.41) is 3.81. The van der Waals surface area contributed by atoms with Crippen molar-refractivity contribution in [3.05, 3.63) is 23.5 Å². The molecule has 1 aromatic heterocycles. The lowest BCUT2D eigenvalue weighted by atomic mass is 10.1. The Hall–Kier alpha value is -0.800. The van der Waals surface area contributed by atoms with E-state index in [2.05, 4.69) is 10.3 Å². The van der Waals surface area contributed by atoms with E-state index in [0.717, 1.165) is 31.9 Å². The second kappa shape index (κ2) is 4.62. The lowest BCUT2D eigenvalue weighted by Gasteiger charge is -2.10. The van der Waals surface area contributed by atoms with Gasteiger partial charge in [0.2, 0.25) is 0 Å². The van der Waals surface area contributed by atoms with Crippen LogP contribution in [-0.4, -0.2) is 24.7 Å². The first-order chi connectivity index (χ1) is 6.86.